The van der Waals surface area contributed by atoms with Gasteiger partial charge in [0.05, 0.1) is 12.5 Å². The summed E-state index contributed by atoms with van der Waals surface area (Å²) in [7, 11) is 0. The maximum absolute atomic E-state index is 12.5. The summed E-state index contributed by atoms with van der Waals surface area (Å²) in [4.78, 5) is 60.4. The third-order valence-electron chi connectivity index (χ3n) is 4.77. The molecule has 2 unspecified atom stereocenters. The monoisotopic (exact) mass is 366 g/mol. The molecular weight excluding hydrogens is 348 g/mol. The summed E-state index contributed by atoms with van der Waals surface area (Å²) in [6.45, 7) is 1.44. The molecule has 138 valence electrons. The number of fused-ring (bicyclic) bond motifs is 1. The van der Waals surface area contributed by atoms with Crippen molar-refractivity contribution < 1.29 is 28.7 Å². The number of Topliss-reactive ketones (excluding diaryl/α,β-unsaturated/α-hetero) is 4. The van der Waals surface area contributed by atoms with Gasteiger partial charge in [0.1, 0.15) is 0 Å². The minimum Gasteiger partial charge on any atom is -0.460 e. The number of benzene rings is 2. The molecule has 1 fully saturated rings. The number of ether oxygens (including phenoxy) is 1. The number of rotatable bonds is 6. The normalized spacial score (nSPS) is 19.5. The van der Waals surface area contributed by atoms with Gasteiger partial charge >= 0.3 is 5.97 Å². The van der Waals surface area contributed by atoms with Crippen molar-refractivity contribution in [1.29, 1.82) is 0 Å². The van der Waals surface area contributed by atoms with Crippen molar-refractivity contribution in [2.75, 3.05) is 6.61 Å². The number of hydrogen-bond acceptors (Lipinski definition) is 6. The van der Waals surface area contributed by atoms with Crippen molar-refractivity contribution in [3.63, 3.8) is 0 Å². The summed E-state index contributed by atoms with van der Waals surface area (Å²) >= 11 is 0. The van der Waals surface area contributed by atoms with Gasteiger partial charge in [-0.1, -0.05) is 42.5 Å². The molecule has 0 saturated heterocycles. The quantitative estimate of drug-likeness (QED) is 0.440. The molecule has 2 atom stereocenters. The molecule has 0 amide bonds. The Bertz CT molecular complexity index is 953. The van der Waals surface area contributed by atoms with Crippen LogP contribution in [0.3, 0.4) is 0 Å². The van der Waals surface area contributed by atoms with Crippen LogP contribution in [0.15, 0.2) is 42.5 Å². The summed E-state index contributed by atoms with van der Waals surface area (Å²) in [6.07, 6.45) is 0.515. The molecule has 6 heteroatoms. The summed E-state index contributed by atoms with van der Waals surface area (Å²) < 4.78 is 4.56. The van der Waals surface area contributed by atoms with Gasteiger partial charge in [-0.3, -0.25) is 19.2 Å². The first-order valence-electron chi connectivity index (χ1n) is 8.75. The van der Waals surface area contributed by atoms with Crippen LogP contribution in [0, 0.1) is 11.8 Å². The molecule has 3 rings (SSSR count). The predicted molar refractivity (Wildman–Crippen MR) is 95.9 cm³/mol. The Kier molecular flexibility index (Phi) is 5.26. The average Bonchev–Trinajstić information content (AvgIpc) is 2.88. The van der Waals surface area contributed by atoms with E-state index in [1.807, 2.05) is 42.5 Å². The molecule has 0 radical (unpaired) electrons. The Morgan fingerprint density at radius 3 is 2.41 bits per heavy atom. The molecule has 0 aromatic heterocycles. The fourth-order valence-corrected chi connectivity index (χ4v) is 3.43. The van der Waals surface area contributed by atoms with Crippen molar-refractivity contribution in [3.05, 3.63) is 48.0 Å². The highest BCUT2D eigenvalue weighted by molar-refractivity contribution is 6.60. The van der Waals surface area contributed by atoms with Crippen LogP contribution < -0.4 is 0 Å². The van der Waals surface area contributed by atoms with Crippen LogP contribution in [0.5, 0.6) is 0 Å². The van der Waals surface area contributed by atoms with E-state index in [4.69, 9.17) is 0 Å². The molecule has 0 bridgehead atoms. The zero-order valence-electron chi connectivity index (χ0n) is 14.8. The van der Waals surface area contributed by atoms with Gasteiger partial charge in [0.2, 0.25) is 11.6 Å². The van der Waals surface area contributed by atoms with E-state index in [0.717, 1.165) is 16.3 Å². The Morgan fingerprint density at radius 1 is 0.963 bits per heavy atom. The topological polar surface area (TPSA) is 94.6 Å². The van der Waals surface area contributed by atoms with Crippen molar-refractivity contribution >= 4 is 39.9 Å². The maximum atomic E-state index is 12.5. The predicted octanol–water partition coefficient (Wildman–Crippen LogP) is 1.86. The molecule has 1 aliphatic rings. The second kappa shape index (κ2) is 7.61. The average molecular weight is 366 g/mol. The second-order valence-electron chi connectivity index (χ2n) is 6.38. The van der Waals surface area contributed by atoms with Gasteiger partial charge in [-0.05, 0) is 36.1 Å². The smallest absolute Gasteiger partial charge is 0.375 e. The zero-order valence-corrected chi connectivity index (χ0v) is 14.8. The Hall–Kier alpha value is -3.15. The van der Waals surface area contributed by atoms with Crippen LogP contribution in [0.4, 0.5) is 0 Å². The number of carbonyl (C=O) groups excluding carboxylic acids is 5. The molecular formula is C21H18O6. The van der Waals surface area contributed by atoms with Crippen molar-refractivity contribution in [2.24, 2.45) is 11.8 Å². The first-order chi connectivity index (χ1) is 13.0. The van der Waals surface area contributed by atoms with Crippen LogP contribution >= 0.6 is 0 Å². The third-order valence-corrected chi connectivity index (χ3v) is 4.77. The maximum Gasteiger partial charge on any atom is 0.375 e. The van der Waals surface area contributed by atoms with Crippen LogP contribution in [0.25, 0.3) is 10.8 Å². The zero-order chi connectivity index (χ0) is 19.6. The van der Waals surface area contributed by atoms with E-state index in [0.29, 0.717) is 6.42 Å². The molecule has 0 aliphatic heterocycles. The van der Waals surface area contributed by atoms with E-state index in [9.17, 15) is 24.0 Å². The Balaban J connectivity index is 1.78. The fraction of sp³-hybridized carbons (Fsp3) is 0.286. The van der Waals surface area contributed by atoms with Crippen LogP contribution in [-0.4, -0.2) is 35.7 Å². The lowest BCUT2D eigenvalue weighted by atomic mass is 9.92. The first-order valence-corrected chi connectivity index (χ1v) is 8.75. The number of carbonyl (C=O) groups is 5. The van der Waals surface area contributed by atoms with Crippen LogP contribution in [-0.2, 0) is 35.1 Å². The van der Waals surface area contributed by atoms with E-state index in [1.54, 1.807) is 0 Å². The number of hydrogen-bond donors (Lipinski definition) is 0. The SMILES string of the molecule is CCOC(=O)C(=O)C1C(=O)C(=O)C(CCc2cccc3ccccc23)C1=O. The highest BCUT2D eigenvalue weighted by Gasteiger charge is 2.53. The minimum absolute atomic E-state index is 0.0574. The molecule has 1 saturated carbocycles. The van der Waals surface area contributed by atoms with Gasteiger partial charge in [-0.2, -0.15) is 0 Å². The number of ketones is 4. The summed E-state index contributed by atoms with van der Waals surface area (Å²) in [5.41, 5.74) is 0.946. The molecule has 0 spiro atoms. The fourth-order valence-electron chi connectivity index (χ4n) is 3.43. The van der Waals surface area contributed by atoms with E-state index in [2.05, 4.69) is 4.74 Å². The second-order valence-corrected chi connectivity index (χ2v) is 6.38. The van der Waals surface area contributed by atoms with Gasteiger partial charge < -0.3 is 4.74 Å². The lowest BCUT2D eigenvalue weighted by Gasteiger charge is -2.09. The van der Waals surface area contributed by atoms with E-state index in [-0.39, 0.29) is 13.0 Å². The summed E-state index contributed by atoms with van der Waals surface area (Å²) in [5.74, 6) is -8.37. The van der Waals surface area contributed by atoms with E-state index in [1.165, 1.54) is 6.92 Å². The third kappa shape index (κ3) is 3.43. The Morgan fingerprint density at radius 2 is 1.67 bits per heavy atom. The molecule has 1 aliphatic carbocycles. The molecule has 2 aromatic carbocycles. The summed E-state index contributed by atoms with van der Waals surface area (Å²) in [5, 5.41) is 2.04. The van der Waals surface area contributed by atoms with E-state index >= 15 is 0 Å². The summed E-state index contributed by atoms with van der Waals surface area (Å²) in [6, 6.07) is 13.5. The van der Waals surface area contributed by atoms with Gasteiger partial charge in [0.25, 0.3) is 5.78 Å². The number of esters is 1. The Labute approximate surface area is 155 Å². The number of aryl methyl sites for hydroxylation is 1. The van der Waals surface area contributed by atoms with Gasteiger partial charge in [-0.15, -0.1) is 0 Å². The van der Waals surface area contributed by atoms with Crippen molar-refractivity contribution in [3.8, 4) is 0 Å². The minimum atomic E-state index is -1.85. The van der Waals surface area contributed by atoms with Gasteiger partial charge in [0.15, 0.2) is 11.7 Å². The van der Waals surface area contributed by atoms with Crippen molar-refractivity contribution in [1.82, 2.24) is 0 Å². The highest BCUT2D eigenvalue weighted by Crippen LogP contribution is 2.28. The molecule has 0 N–H and O–H groups in total. The highest BCUT2D eigenvalue weighted by atomic mass is 16.5. The van der Waals surface area contributed by atoms with Crippen molar-refractivity contribution in [2.45, 2.75) is 19.8 Å². The molecule has 27 heavy (non-hydrogen) atoms. The van der Waals surface area contributed by atoms with Crippen LogP contribution in [0.2, 0.25) is 0 Å². The standard InChI is InChI=1S/C21H18O6/c1-2-27-21(26)20(25)16-17(22)15(18(23)19(16)24)11-10-13-8-5-7-12-6-3-4-9-14(12)13/h3-9,15-16H,2,10-11H2,1H3. The lowest BCUT2D eigenvalue weighted by Crippen LogP contribution is -2.33. The van der Waals surface area contributed by atoms with Gasteiger partial charge in [0, 0.05) is 0 Å². The lowest BCUT2D eigenvalue weighted by molar-refractivity contribution is -0.157. The molecule has 6 nitrogen and oxygen atoms in total. The van der Waals surface area contributed by atoms with Crippen LogP contribution in [0.1, 0.15) is 18.9 Å². The molecule has 2 aromatic rings. The molecule has 0 heterocycles. The van der Waals surface area contributed by atoms with Gasteiger partial charge in [-0.25, -0.2) is 4.79 Å². The largest absolute Gasteiger partial charge is 0.460 e. The van der Waals surface area contributed by atoms with E-state index < -0.39 is 40.9 Å². The first kappa shape index (κ1) is 18.6.